The first-order valence-corrected chi connectivity index (χ1v) is 22.4. The maximum atomic E-state index is 15.3. The molecule has 6 atom stereocenters. The van der Waals surface area contributed by atoms with Gasteiger partial charge in [0.05, 0.1) is 23.2 Å². The molecule has 336 valence electrons. The highest BCUT2D eigenvalue weighted by atomic mass is 16.7. The van der Waals surface area contributed by atoms with Crippen molar-refractivity contribution in [3.8, 4) is 11.5 Å². The Morgan fingerprint density at radius 1 is 0.969 bits per heavy atom. The van der Waals surface area contributed by atoms with Gasteiger partial charge in [-0.1, -0.05) is 85.3 Å². The van der Waals surface area contributed by atoms with Crippen LogP contribution in [-0.4, -0.2) is 76.5 Å². The number of carbonyl (C=O) groups is 1. The second-order valence-corrected chi connectivity index (χ2v) is 16.6. The van der Waals surface area contributed by atoms with Crippen molar-refractivity contribution in [2.75, 3.05) is 33.0 Å². The summed E-state index contributed by atoms with van der Waals surface area (Å²) < 4.78 is 20.7. The number of nitro groups is 1. The number of nitrogens with zero attached hydrogens (tertiary/aromatic N) is 3. The van der Waals surface area contributed by atoms with E-state index in [1.165, 1.54) is 18.2 Å². The minimum Gasteiger partial charge on any atom is -0.490 e. The van der Waals surface area contributed by atoms with E-state index in [-0.39, 0.29) is 62.1 Å². The van der Waals surface area contributed by atoms with Crippen LogP contribution in [0.4, 0.5) is 5.69 Å². The fraction of sp³-hybridized carbons (Fsp3) is 0.385. The molecule has 1 saturated carbocycles. The van der Waals surface area contributed by atoms with Gasteiger partial charge in [0.25, 0.3) is 5.69 Å². The molecule has 0 radical (unpaired) electrons. The van der Waals surface area contributed by atoms with Gasteiger partial charge < -0.3 is 34.2 Å². The molecule has 1 fully saturated rings. The number of fused-ring (bicyclic) bond motifs is 3. The third-order valence-corrected chi connectivity index (χ3v) is 12.7. The van der Waals surface area contributed by atoms with Gasteiger partial charge in [0.15, 0.2) is 0 Å². The molecule has 2 aliphatic carbocycles. The van der Waals surface area contributed by atoms with Crippen molar-refractivity contribution >= 4 is 34.2 Å². The van der Waals surface area contributed by atoms with Gasteiger partial charge in [0.1, 0.15) is 30.8 Å². The number of hydrogen-bond donors (Lipinski definition) is 2. The lowest BCUT2D eigenvalue weighted by Gasteiger charge is -2.60. The predicted octanol–water partition coefficient (Wildman–Crippen LogP) is 9.71. The van der Waals surface area contributed by atoms with E-state index >= 15 is 4.79 Å². The van der Waals surface area contributed by atoms with E-state index in [0.29, 0.717) is 48.8 Å². The number of unbranched alkanes of at least 4 members (excludes halogenated alkanes) is 2. The molecule has 0 spiro atoms. The van der Waals surface area contributed by atoms with Gasteiger partial charge in [0.2, 0.25) is 11.7 Å². The second-order valence-electron chi connectivity index (χ2n) is 16.6. The number of oxime groups is 1. The molecular weight excluding hydrogens is 811 g/mol. The normalized spacial score (nSPS) is 22.8. The third-order valence-electron chi connectivity index (χ3n) is 12.7. The number of ether oxygens (including phenoxy) is 3. The Morgan fingerprint density at radius 3 is 2.45 bits per heavy atom. The fourth-order valence-electron chi connectivity index (χ4n) is 9.96. The van der Waals surface area contributed by atoms with Crippen molar-refractivity contribution in [2.24, 2.45) is 22.9 Å². The quantitative estimate of drug-likeness (QED) is 0.0258. The number of nitro benzene ring substituents is 1. The maximum absolute atomic E-state index is 15.3. The first-order chi connectivity index (χ1) is 31.3. The van der Waals surface area contributed by atoms with Crippen LogP contribution in [0.1, 0.15) is 74.5 Å². The first kappa shape index (κ1) is 45.9. The lowest BCUT2D eigenvalue weighted by atomic mass is 9.55. The minimum atomic E-state index is -1.47. The molecular formula is C52H59N3O9. The van der Waals surface area contributed by atoms with E-state index < -0.39 is 22.7 Å². The van der Waals surface area contributed by atoms with Crippen molar-refractivity contribution in [1.29, 1.82) is 0 Å². The Kier molecular flexibility index (Phi) is 15.5. The number of rotatable bonds is 22. The van der Waals surface area contributed by atoms with Crippen molar-refractivity contribution in [1.82, 2.24) is 4.90 Å². The zero-order valence-electron chi connectivity index (χ0n) is 36.6. The SMILES string of the molecule is C=CCOc1ccc2c(c1)C1C(CCCCO)C(CCCCO)C=C3C(=NOCC)CC(N(Cc4cccc5ccccc45)C(=O)C=Cc4ccc([N+](=O)[O-])cc4)C(OCC=C)(O2)C31. The topological polar surface area (TPSA) is 153 Å². The molecule has 3 aliphatic rings. The summed E-state index contributed by atoms with van der Waals surface area (Å²) in [6, 6.07) is 25.3. The summed E-state index contributed by atoms with van der Waals surface area (Å²) >= 11 is 0. The smallest absolute Gasteiger partial charge is 0.269 e. The summed E-state index contributed by atoms with van der Waals surface area (Å²) in [6.45, 7) is 10.9. The predicted molar refractivity (Wildman–Crippen MR) is 249 cm³/mol. The van der Waals surface area contributed by atoms with Gasteiger partial charge in [-0.25, -0.2) is 0 Å². The lowest BCUT2D eigenvalue weighted by molar-refractivity contribution is -0.384. The molecule has 12 nitrogen and oxygen atoms in total. The summed E-state index contributed by atoms with van der Waals surface area (Å²) in [4.78, 5) is 34.0. The summed E-state index contributed by atoms with van der Waals surface area (Å²) in [5.74, 6) is -1.11. The van der Waals surface area contributed by atoms with Crippen molar-refractivity contribution in [3.05, 3.63) is 155 Å². The molecule has 2 N–H and O–H groups in total. The average molecular weight is 870 g/mol. The van der Waals surface area contributed by atoms with Gasteiger partial charge in [0, 0.05) is 55.9 Å². The number of benzene rings is 4. The van der Waals surface area contributed by atoms with Gasteiger partial charge in [-0.2, -0.15) is 0 Å². The van der Waals surface area contributed by atoms with Crippen LogP contribution in [0.25, 0.3) is 16.8 Å². The highest BCUT2D eigenvalue weighted by Gasteiger charge is 2.65. The molecule has 4 aromatic carbocycles. The van der Waals surface area contributed by atoms with E-state index in [9.17, 15) is 20.3 Å². The zero-order valence-corrected chi connectivity index (χ0v) is 36.6. The van der Waals surface area contributed by atoms with E-state index in [1.54, 1.807) is 30.4 Å². The van der Waals surface area contributed by atoms with Crippen LogP contribution in [0.2, 0.25) is 0 Å². The van der Waals surface area contributed by atoms with Crippen LogP contribution in [0, 0.1) is 27.9 Å². The number of amides is 1. The van der Waals surface area contributed by atoms with Gasteiger partial charge in [-0.3, -0.25) is 14.9 Å². The Hall–Kier alpha value is -6.08. The van der Waals surface area contributed by atoms with Crippen LogP contribution in [0.3, 0.4) is 0 Å². The molecule has 7 rings (SSSR count). The molecule has 1 aliphatic heterocycles. The van der Waals surface area contributed by atoms with Gasteiger partial charge in [-0.15, -0.1) is 6.58 Å². The second kappa shape index (κ2) is 21.5. The minimum absolute atomic E-state index is 0.0411. The Labute approximate surface area is 375 Å². The number of carbonyl (C=O) groups excluding carboxylic acids is 1. The van der Waals surface area contributed by atoms with Crippen LogP contribution in [0.15, 0.2) is 133 Å². The number of aliphatic hydroxyl groups is 2. The summed E-state index contributed by atoms with van der Waals surface area (Å²) in [6.07, 6.45) is 13.7. The molecule has 1 amide bonds. The number of aliphatic hydroxyl groups excluding tert-OH is 2. The molecule has 12 heteroatoms. The number of allylic oxidation sites excluding steroid dienone is 1. The van der Waals surface area contributed by atoms with Crippen molar-refractivity contribution in [3.63, 3.8) is 0 Å². The largest absolute Gasteiger partial charge is 0.490 e. The molecule has 0 bridgehead atoms. The molecule has 4 aromatic rings. The Bertz CT molecular complexity index is 2370. The zero-order chi connectivity index (χ0) is 45.1. The lowest BCUT2D eigenvalue weighted by Crippen LogP contribution is -2.70. The van der Waals surface area contributed by atoms with Gasteiger partial charge >= 0.3 is 0 Å². The number of non-ortho nitro benzene ring substituents is 1. The standard InChI is InChI=1S/C52H59N3O9/c1-4-30-61-41-25-26-47-45(33-41)50-43(19-10-12-29-57)38(15-9-11-28-56)32-44-46(53-63-6-3)34-48(52(64-47,51(44)50)62-31-5-2)54(35-39-17-13-16-37-14-7-8-18-42(37)39)49(58)27-22-36-20-23-40(24-21-36)55(59)60/h4-5,7-8,13-14,16-18,20-27,32-33,38,43,48,50-51,56-57H,1-2,6,9-12,15,19,28-31,34-35H2,3H3. The summed E-state index contributed by atoms with van der Waals surface area (Å²) in [5.41, 5.74) is 4.09. The molecule has 64 heavy (non-hydrogen) atoms. The summed E-state index contributed by atoms with van der Waals surface area (Å²) in [7, 11) is 0. The summed E-state index contributed by atoms with van der Waals surface area (Å²) in [5, 5.41) is 38.2. The van der Waals surface area contributed by atoms with Crippen molar-refractivity contribution < 1.29 is 39.0 Å². The Balaban J connectivity index is 1.47. The maximum Gasteiger partial charge on any atom is 0.269 e. The van der Waals surface area contributed by atoms with E-state index in [1.807, 2.05) is 60.4 Å². The monoisotopic (exact) mass is 869 g/mol. The molecule has 1 heterocycles. The highest BCUT2D eigenvalue weighted by Crippen LogP contribution is 2.62. The van der Waals surface area contributed by atoms with Crippen LogP contribution in [0.5, 0.6) is 11.5 Å². The van der Waals surface area contributed by atoms with E-state index in [2.05, 4.69) is 31.4 Å². The van der Waals surface area contributed by atoms with Gasteiger partial charge in [-0.05, 0) is 108 Å². The fourth-order valence-corrected chi connectivity index (χ4v) is 9.96. The van der Waals surface area contributed by atoms with E-state index in [0.717, 1.165) is 53.2 Å². The third kappa shape index (κ3) is 9.84. The molecule has 0 saturated heterocycles. The molecule has 6 unspecified atom stereocenters. The molecule has 0 aromatic heterocycles. The Morgan fingerprint density at radius 2 is 1.72 bits per heavy atom. The van der Waals surface area contributed by atoms with Crippen molar-refractivity contribution in [2.45, 2.75) is 76.2 Å². The van der Waals surface area contributed by atoms with Crippen LogP contribution >= 0.6 is 0 Å². The van der Waals surface area contributed by atoms with E-state index in [4.69, 9.17) is 24.2 Å². The number of hydrogen-bond acceptors (Lipinski definition) is 10. The first-order valence-electron chi connectivity index (χ1n) is 22.4. The average Bonchev–Trinajstić information content (AvgIpc) is 3.31. The highest BCUT2D eigenvalue weighted by molar-refractivity contribution is 6.03. The van der Waals surface area contributed by atoms with Crippen LogP contribution in [-0.2, 0) is 20.9 Å². The van der Waals surface area contributed by atoms with Crippen LogP contribution < -0.4 is 9.47 Å².